The zero-order chi connectivity index (χ0) is 11.2. The van der Waals surface area contributed by atoms with E-state index in [4.69, 9.17) is 0 Å². The molecule has 0 atom stereocenters. The summed E-state index contributed by atoms with van der Waals surface area (Å²) in [7, 11) is 0. The Hall–Kier alpha value is -0.880. The number of hydrogen-bond donors (Lipinski definition) is 0. The van der Waals surface area contributed by atoms with Crippen molar-refractivity contribution < 1.29 is 0 Å². The van der Waals surface area contributed by atoms with Crippen LogP contribution in [0.2, 0.25) is 0 Å². The van der Waals surface area contributed by atoms with Crippen LogP contribution in [0.4, 0.5) is 0 Å². The van der Waals surface area contributed by atoms with Crippen molar-refractivity contribution in [1.29, 1.82) is 0 Å². The predicted molar refractivity (Wildman–Crippen MR) is 68.5 cm³/mol. The van der Waals surface area contributed by atoms with Crippen LogP contribution < -0.4 is 0 Å². The van der Waals surface area contributed by atoms with Crippen LogP contribution in [-0.2, 0) is 0 Å². The van der Waals surface area contributed by atoms with Crippen molar-refractivity contribution in [1.82, 2.24) is 0 Å². The van der Waals surface area contributed by atoms with Gasteiger partial charge in [0.1, 0.15) is 0 Å². The van der Waals surface area contributed by atoms with E-state index < -0.39 is 0 Å². The molecule has 0 aliphatic rings. The second-order valence-electron chi connectivity index (χ2n) is 3.80. The average molecular weight is 204 g/mol. The Morgan fingerprint density at radius 3 is 1.80 bits per heavy atom. The molecule has 0 unspecified atom stereocenters. The number of unbranched alkanes of at least 4 members (excludes halogenated alkanes) is 6. The molecule has 0 aromatic heterocycles. The zero-order valence-electron chi connectivity index (χ0n) is 10.4. The van der Waals surface area contributed by atoms with Crippen LogP contribution in [0.1, 0.15) is 71.6 Å². The standard InChI is InChI=1S/C15H24/c1-3-5-7-9-11-13-15-14-12-10-8-6-4-2/h3-9,11,14H2,1-2H3. The molecule has 15 heavy (non-hydrogen) atoms. The first-order chi connectivity index (χ1) is 7.41. The van der Waals surface area contributed by atoms with E-state index in [9.17, 15) is 0 Å². The van der Waals surface area contributed by atoms with Crippen molar-refractivity contribution in [2.24, 2.45) is 0 Å². The Bertz CT molecular complexity index is 228. The zero-order valence-corrected chi connectivity index (χ0v) is 10.4. The minimum atomic E-state index is 0.761. The van der Waals surface area contributed by atoms with Gasteiger partial charge in [0.05, 0.1) is 6.42 Å². The molecule has 0 aromatic rings. The molecule has 0 amide bonds. The highest BCUT2D eigenvalue weighted by Crippen LogP contribution is 2.00. The van der Waals surface area contributed by atoms with Crippen LogP contribution in [0.5, 0.6) is 0 Å². The summed E-state index contributed by atoms with van der Waals surface area (Å²) >= 11 is 0. The maximum absolute atomic E-state index is 3.18. The summed E-state index contributed by atoms with van der Waals surface area (Å²) in [6, 6.07) is 0. The molecule has 0 N–H and O–H groups in total. The van der Waals surface area contributed by atoms with Crippen LogP contribution >= 0.6 is 0 Å². The Labute approximate surface area is 95.8 Å². The molecule has 0 fully saturated rings. The van der Waals surface area contributed by atoms with Crippen molar-refractivity contribution in [2.45, 2.75) is 71.6 Å². The van der Waals surface area contributed by atoms with E-state index in [0.717, 1.165) is 19.3 Å². The van der Waals surface area contributed by atoms with Crippen LogP contribution in [0, 0.1) is 23.7 Å². The molecule has 0 saturated carbocycles. The quantitative estimate of drug-likeness (QED) is 0.440. The van der Waals surface area contributed by atoms with Gasteiger partial charge < -0.3 is 0 Å². The predicted octanol–water partition coefficient (Wildman–Crippen LogP) is 4.54. The summed E-state index contributed by atoms with van der Waals surface area (Å²) in [6.07, 6.45) is 10.5. The van der Waals surface area contributed by atoms with Gasteiger partial charge in [0.15, 0.2) is 0 Å². The summed E-state index contributed by atoms with van der Waals surface area (Å²) in [6.45, 7) is 4.43. The third-order valence-corrected chi connectivity index (χ3v) is 2.24. The third kappa shape index (κ3) is 13.1. The van der Waals surface area contributed by atoms with Crippen molar-refractivity contribution >= 4 is 0 Å². The summed E-state index contributed by atoms with van der Waals surface area (Å²) in [5.74, 6) is 12.5. The monoisotopic (exact) mass is 204 g/mol. The van der Waals surface area contributed by atoms with E-state index in [-0.39, 0.29) is 0 Å². The highest BCUT2D eigenvalue weighted by Gasteiger charge is 1.83. The van der Waals surface area contributed by atoms with Crippen molar-refractivity contribution in [2.75, 3.05) is 0 Å². The molecule has 0 rings (SSSR count). The molecule has 0 aromatic carbocycles. The molecular formula is C15H24. The fourth-order valence-corrected chi connectivity index (χ4v) is 1.25. The summed E-state index contributed by atoms with van der Waals surface area (Å²) in [5, 5.41) is 0. The molecule has 84 valence electrons. The SMILES string of the molecule is CCCCC#CCC#CCCCCCC. The van der Waals surface area contributed by atoms with Gasteiger partial charge in [-0.05, 0) is 12.8 Å². The highest BCUT2D eigenvalue weighted by atomic mass is 13.9. The minimum absolute atomic E-state index is 0.761. The summed E-state index contributed by atoms with van der Waals surface area (Å²) in [4.78, 5) is 0. The Balaban J connectivity index is 3.25. The summed E-state index contributed by atoms with van der Waals surface area (Å²) in [5.41, 5.74) is 0. The first-order valence-corrected chi connectivity index (χ1v) is 6.33. The number of rotatable bonds is 6. The Morgan fingerprint density at radius 1 is 0.600 bits per heavy atom. The van der Waals surface area contributed by atoms with E-state index in [1.54, 1.807) is 0 Å². The van der Waals surface area contributed by atoms with Gasteiger partial charge in [-0.1, -0.05) is 51.4 Å². The van der Waals surface area contributed by atoms with Crippen LogP contribution in [-0.4, -0.2) is 0 Å². The molecule has 0 bridgehead atoms. The van der Waals surface area contributed by atoms with Gasteiger partial charge in [-0.3, -0.25) is 0 Å². The van der Waals surface area contributed by atoms with E-state index in [1.807, 2.05) is 0 Å². The molecule has 0 heteroatoms. The van der Waals surface area contributed by atoms with E-state index >= 15 is 0 Å². The molecular weight excluding hydrogens is 180 g/mol. The molecule has 0 spiro atoms. The Morgan fingerprint density at radius 2 is 1.20 bits per heavy atom. The number of hydrogen-bond acceptors (Lipinski definition) is 0. The van der Waals surface area contributed by atoms with Gasteiger partial charge >= 0.3 is 0 Å². The smallest absolute Gasteiger partial charge is 0.0702 e. The Kier molecular flexibility index (Phi) is 12.4. The molecule has 0 heterocycles. The largest absolute Gasteiger partial charge is 0.102 e. The van der Waals surface area contributed by atoms with Gasteiger partial charge in [-0.15, -0.1) is 11.8 Å². The molecule has 0 aliphatic carbocycles. The van der Waals surface area contributed by atoms with Gasteiger partial charge in [0.2, 0.25) is 0 Å². The van der Waals surface area contributed by atoms with Crippen molar-refractivity contribution in [3.8, 4) is 23.7 Å². The second-order valence-corrected chi connectivity index (χ2v) is 3.80. The summed E-state index contributed by atoms with van der Waals surface area (Å²) < 4.78 is 0. The maximum Gasteiger partial charge on any atom is 0.0702 e. The van der Waals surface area contributed by atoms with Crippen LogP contribution in [0.25, 0.3) is 0 Å². The van der Waals surface area contributed by atoms with E-state index in [2.05, 4.69) is 37.5 Å². The fourth-order valence-electron chi connectivity index (χ4n) is 1.25. The van der Waals surface area contributed by atoms with Crippen LogP contribution in [0.15, 0.2) is 0 Å². The highest BCUT2D eigenvalue weighted by molar-refractivity contribution is 5.11. The van der Waals surface area contributed by atoms with Gasteiger partial charge in [0.25, 0.3) is 0 Å². The fraction of sp³-hybridized carbons (Fsp3) is 0.733. The van der Waals surface area contributed by atoms with Crippen molar-refractivity contribution in [3.05, 3.63) is 0 Å². The molecule has 0 nitrogen and oxygen atoms in total. The lowest BCUT2D eigenvalue weighted by Crippen LogP contribution is -1.74. The first kappa shape index (κ1) is 14.1. The van der Waals surface area contributed by atoms with Gasteiger partial charge in [-0.2, -0.15) is 0 Å². The lowest BCUT2D eigenvalue weighted by molar-refractivity contribution is 0.679. The lowest BCUT2D eigenvalue weighted by atomic mass is 10.1. The van der Waals surface area contributed by atoms with Crippen LogP contribution in [0.3, 0.4) is 0 Å². The molecule has 0 radical (unpaired) electrons. The minimum Gasteiger partial charge on any atom is -0.102 e. The van der Waals surface area contributed by atoms with Crippen molar-refractivity contribution in [3.63, 3.8) is 0 Å². The molecule has 0 saturated heterocycles. The van der Waals surface area contributed by atoms with E-state index in [0.29, 0.717) is 0 Å². The first-order valence-electron chi connectivity index (χ1n) is 6.33. The normalized spacial score (nSPS) is 8.67. The topological polar surface area (TPSA) is 0 Å². The molecule has 0 aliphatic heterocycles. The lowest BCUT2D eigenvalue weighted by Gasteiger charge is -1.91. The third-order valence-electron chi connectivity index (χ3n) is 2.24. The maximum atomic E-state index is 3.18. The second kappa shape index (κ2) is 13.1. The average Bonchev–Trinajstić information content (AvgIpc) is 2.26. The van der Waals surface area contributed by atoms with Gasteiger partial charge in [-0.25, -0.2) is 0 Å². The van der Waals surface area contributed by atoms with Gasteiger partial charge in [0, 0.05) is 12.8 Å². The van der Waals surface area contributed by atoms with E-state index in [1.165, 1.54) is 38.5 Å².